The van der Waals surface area contributed by atoms with Gasteiger partial charge in [-0.3, -0.25) is 13.7 Å². The van der Waals surface area contributed by atoms with E-state index in [0.29, 0.717) is 0 Å². The van der Waals surface area contributed by atoms with E-state index in [1.807, 2.05) is 0 Å². The van der Waals surface area contributed by atoms with Crippen LogP contribution in [-0.2, 0) is 59.0 Å². The topological polar surface area (TPSA) is 413 Å². The molecule has 0 aromatic heterocycles. The Morgan fingerprint density at radius 2 is 0.797 bits per heavy atom. The van der Waals surface area contributed by atoms with Crippen LogP contribution in [0.25, 0.3) is 0 Å². The SMILES string of the molecule is Nc1c(N=Nc2ccc(S(=O)(=O)CCOS(=O)(=O)O)cc2)c(N)c(N=Nc2ccc(S(=O)(=O)CCOS(=O)(=O)O)cc2)c(C(=O)O)c1N=Nc1ccc(S(=O)(=O)O)cc1. The second-order valence-electron chi connectivity index (χ2n) is 11.2. The van der Waals surface area contributed by atoms with Gasteiger partial charge in [-0.25, -0.2) is 30.0 Å². The summed E-state index contributed by atoms with van der Waals surface area (Å²) >= 11 is 0. The van der Waals surface area contributed by atoms with Crippen LogP contribution in [0.5, 0.6) is 0 Å². The maximum absolute atomic E-state index is 12.7. The summed E-state index contributed by atoms with van der Waals surface area (Å²) in [6, 6.07) is 13.0. The lowest BCUT2D eigenvalue weighted by Crippen LogP contribution is -2.15. The third-order valence-electron chi connectivity index (χ3n) is 7.20. The molecule has 0 atom stereocenters. The molecule has 0 unspecified atom stereocenters. The average molecular weight is 921 g/mol. The Morgan fingerprint density at radius 1 is 0.492 bits per heavy atom. The number of aromatic carboxylic acids is 1. The molecular weight excluding hydrogens is 893 g/mol. The normalized spacial score (nSPS) is 13.1. The first kappa shape index (κ1) is 46.0. The zero-order valence-electron chi connectivity index (χ0n) is 29.2. The van der Waals surface area contributed by atoms with Crippen LogP contribution in [-0.4, -0.2) is 91.5 Å². The summed E-state index contributed by atoms with van der Waals surface area (Å²) in [7, 11) is -22.6. The minimum Gasteiger partial charge on any atom is -0.478 e. The second kappa shape index (κ2) is 18.1. The molecule has 59 heavy (non-hydrogen) atoms. The van der Waals surface area contributed by atoms with E-state index >= 15 is 0 Å². The average Bonchev–Trinajstić information content (AvgIpc) is 3.12. The molecular formula is C29H28N8O17S5. The first-order valence-corrected chi connectivity index (χ1v) is 23.0. The fraction of sp³-hybridized carbons (Fsp3) is 0.138. The van der Waals surface area contributed by atoms with Crippen LogP contribution >= 0.6 is 0 Å². The van der Waals surface area contributed by atoms with Crippen LogP contribution in [0.4, 0.5) is 45.5 Å². The molecule has 316 valence electrons. The smallest absolute Gasteiger partial charge is 0.397 e. The number of nitrogens with two attached hydrogens (primary N) is 2. The summed E-state index contributed by atoms with van der Waals surface area (Å²) in [5.74, 6) is -3.38. The molecule has 0 saturated carbocycles. The molecule has 0 aliphatic rings. The number of azo groups is 3. The van der Waals surface area contributed by atoms with Gasteiger partial charge in [-0.1, -0.05) is 0 Å². The molecule has 4 rings (SSSR count). The number of carbonyl (C=O) groups is 1. The number of rotatable bonds is 18. The minimum atomic E-state index is -4.90. The first-order valence-electron chi connectivity index (χ1n) is 15.5. The number of nitrogens with zero attached hydrogens (tertiary/aromatic N) is 6. The highest BCUT2D eigenvalue weighted by atomic mass is 32.3. The van der Waals surface area contributed by atoms with Crippen molar-refractivity contribution < 1.29 is 74.0 Å². The molecule has 0 spiro atoms. The zero-order valence-corrected chi connectivity index (χ0v) is 33.3. The van der Waals surface area contributed by atoms with Gasteiger partial charge in [0.15, 0.2) is 19.7 Å². The van der Waals surface area contributed by atoms with Crippen LogP contribution in [0, 0.1) is 0 Å². The summed E-state index contributed by atoms with van der Waals surface area (Å²) < 4.78 is 151. The van der Waals surface area contributed by atoms with Gasteiger partial charge < -0.3 is 16.6 Å². The molecule has 0 fully saturated rings. The summed E-state index contributed by atoms with van der Waals surface area (Å²) in [6.45, 7) is -1.77. The van der Waals surface area contributed by atoms with Crippen molar-refractivity contribution in [3.63, 3.8) is 0 Å². The third kappa shape index (κ3) is 12.9. The highest BCUT2D eigenvalue weighted by Gasteiger charge is 2.27. The predicted octanol–water partition coefficient (Wildman–Crippen LogP) is 4.23. The number of hydrogen-bond acceptors (Lipinski definition) is 21. The molecule has 25 nitrogen and oxygen atoms in total. The monoisotopic (exact) mass is 920 g/mol. The van der Waals surface area contributed by atoms with Crippen molar-refractivity contribution in [2.75, 3.05) is 36.2 Å². The van der Waals surface area contributed by atoms with Gasteiger partial charge >= 0.3 is 26.8 Å². The number of nitrogen functional groups attached to an aromatic ring is 2. The number of sulfone groups is 2. The van der Waals surface area contributed by atoms with E-state index in [0.717, 1.165) is 60.7 Å². The van der Waals surface area contributed by atoms with Gasteiger partial charge in [0, 0.05) is 0 Å². The third-order valence-corrected chi connectivity index (χ3v) is 12.4. The number of anilines is 2. The highest BCUT2D eigenvalue weighted by molar-refractivity contribution is 7.91. The van der Waals surface area contributed by atoms with Crippen molar-refractivity contribution in [3.05, 3.63) is 78.4 Å². The zero-order chi connectivity index (χ0) is 44.0. The van der Waals surface area contributed by atoms with Crippen molar-refractivity contribution >= 4 is 102 Å². The molecule has 0 amide bonds. The fourth-order valence-corrected chi connectivity index (χ4v) is 7.91. The van der Waals surface area contributed by atoms with Crippen molar-refractivity contribution in [1.29, 1.82) is 0 Å². The minimum absolute atomic E-state index is 0.0240. The molecule has 8 N–H and O–H groups in total. The maximum atomic E-state index is 12.7. The van der Waals surface area contributed by atoms with Crippen LogP contribution in [0.2, 0.25) is 0 Å². The van der Waals surface area contributed by atoms with E-state index in [-0.39, 0.29) is 26.9 Å². The summed E-state index contributed by atoms with van der Waals surface area (Å²) in [6.07, 6.45) is 0. The van der Waals surface area contributed by atoms with Gasteiger partial charge in [0.05, 0.1) is 67.8 Å². The van der Waals surface area contributed by atoms with E-state index in [2.05, 4.69) is 39.1 Å². The molecule has 0 heterocycles. The Kier molecular flexibility index (Phi) is 14.1. The Balaban J connectivity index is 1.77. The number of hydrogen-bond donors (Lipinski definition) is 6. The molecule has 0 aliphatic carbocycles. The van der Waals surface area contributed by atoms with Crippen molar-refractivity contribution in [2.45, 2.75) is 14.7 Å². The van der Waals surface area contributed by atoms with E-state index in [1.165, 1.54) is 12.1 Å². The van der Waals surface area contributed by atoms with Gasteiger partial charge in [-0.2, -0.15) is 40.6 Å². The maximum Gasteiger partial charge on any atom is 0.397 e. The number of benzene rings is 4. The van der Waals surface area contributed by atoms with Crippen molar-refractivity contribution in [1.82, 2.24) is 0 Å². The number of carboxylic acid groups (broad SMARTS) is 1. The molecule has 0 radical (unpaired) electrons. The lowest BCUT2D eigenvalue weighted by atomic mass is 10.1. The van der Waals surface area contributed by atoms with E-state index < -0.39 is 120 Å². The van der Waals surface area contributed by atoms with Gasteiger partial charge in [-0.15, -0.1) is 15.3 Å². The Morgan fingerprint density at radius 3 is 1.08 bits per heavy atom. The Labute approximate surface area is 334 Å². The molecule has 4 aromatic carbocycles. The Bertz CT molecular complexity index is 2910. The molecule has 30 heteroatoms. The van der Waals surface area contributed by atoms with Crippen molar-refractivity contribution in [3.8, 4) is 0 Å². The van der Waals surface area contributed by atoms with Crippen LogP contribution < -0.4 is 11.5 Å². The largest absolute Gasteiger partial charge is 0.478 e. The van der Waals surface area contributed by atoms with E-state index in [9.17, 15) is 56.5 Å². The van der Waals surface area contributed by atoms with E-state index in [4.69, 9.17) is 20.6 Å². The molecule has 4 aromatic rings. The fourth-order valence-electron chi connectivity index (χ4n) is 4.45. The summed E-state index contributed by atoms with van der Waals surface area (Å²) in [4.78, 5) is 11.5. The highest BCUT2D eigenvalue weighted by Crippen LogP contribution is 2.49. The standard InChI is InChI=1S/C29H28N8O17S5/c30-24-26(35-32-17-1-7-20(8-2-17)55(40,41)15-13-53-58(47,48)49)23(29(38)39)27(36-33-19-5-11-22(12-6-19)57(44,45)46)25(31)28(24)37-34-18-3-9-21(10-4-18)56(42,43)16-14-54-59(50,51)52/h1-12H,13-16,30-31H2,(H,38,39)(H,44,45,46)(H,47,48,49)(H,50,51,52). The van der Waals surface area contributed by atoms with Crippen LogP contribution in [0.3, 0.4) is 0 Å². The molecule has 0 saturated heterocycles. The molecule has 0 bridgehead atoms. The second-order valence-corrected chi connectivity index (χ2v) is 19.1. The summed E-state index contributed by atoms with van der Waals surface area (Å²) in [5.41, 5.74) is 8.87. The van der Waals surface area contributed by atoms with Gasteiger partial charge in [0.25, 0.3) is 10.1 Å². The van der Waals surface area contributed by atoms with Crippen LogP contribution in [0.1, 0.15) is 10.4 Å². The quantitative estimate of drug-likeness (QED) is 0.0462. The Hall–Kier alpha value is -5.70. The lowest BCUT2D eigenvalue weighted by Gasteiger charge is -2.13. The summed E-state index contributed by atoms with van der Waals surface area (Å²) in [5, 5.41) is 33.8. The van der Waals surface area contributed by atoms with Crippen molar-refractivity contribution in [2.24, 2.45) is 30.7 Å². The van der Waals surface area contributed by atoms with Gasteiger partial charge in [0.2, 0.25) is 0 Å². The predicted molar refractivity (Wildman–Crippen MR) is 203 cm³/mol. The number of carboxylic acids is 1. The van der Waals surface area contributed by atoms with E-state index in [1.54, 1.807) is 0 Å². The van der Waals surface area contributed by atoms with Crippen LogP contribution in [0.15, 0.2) is 118 Å². The molecule has 0 aliphatic heterocycles. The lowest BCUT2D eigenvalue weighted by molar-refractivity contribution is 0.0698. The first-order chi connectivity index (χ1) is 27.3. The van der Waals surface area contributed by atoms with Gasteiger partial charge in [0.1, 0.15) is 22.6 Å². The van der Waals surface area contributed by atoms with Gasteiger partial charge in [-0.05, 0) is 72.8 Å².